The van der Waals surface area contributed by atoms with Crippen molar-refractivity contribution in [2.24, 2.45) is 0 Å². The van der Waals surface area contributed by atoms with E-state index in [1.165, 1.54) is 50.0 Å². The van der Waals surface area contributed by atoms with Crippen LogP contribution in [0.3, 0.4) is 0 Å². The lowest BCUT2D eigenvalue weighted by Gasteiger charge is -2.29. The molecule has 0 radical (unpaired) electrons. The van der Waals surface area contributed by atoms with Crippen molar-refractivity contribution >= 4 is 33.2 Å². The molecule has 0 N–H and O–H groups in total. The van der Waals surface area contributed by atoms with Crippen molar-refractivity contribution < 1.29 is 4.74 Å². The molecule has 64 heavy (non-hydrogen) atoms. The average molecular weight is 843 g/mol. The Bertz CT molecular complexity index is 2990. The molecule has 0 spiro atoms. The van der Waals surface area contributed by atoms with E-state index in [9.17, 15) is 0 Å². The lowest BCUT2D eigenvalue weighted by Crippen LogP contribution is -2.26. The molecule has 1 aliphatic rings. The molecule has 0 fully saturated rings. The van der Waals surface area contributed by atoms with Gasteiger partial charge in [0.1, 0.15) is 17.3 Å². The highest BCUT2D eigenvalue weighted by Gasteiger charge is 2.27. The van der Waals surface area contributed by atoms with Crippen molar-refractivity contribution in [3.63, 3.8) is 0 Å². The van der Waals surface area contributed by atoms with Crippen LogP contribution in [0, 0.1) is 0 Å². The zero-order valence-electron chi connectivity index (χ0n) is 39.5. The fourth-order valence-electron chi connectivity index (χ4n) is 8.85. The van der Waals surface area contributed by atoms with E-state index in [1.54, 1.807) is 0 Å². The van der Waals surface area contributed by atoms with Gasteiger partial charge in [-0.1, -0.05) is 149 Å². The van der Waals surface area contributed by atoms with Gasteiger partial charge in [0.15, 0.2) is 0 Å². The summed E-state index contributed by atoms with van der Waals surface area (Å²) in [5.74, 6) is 2.44. The first-order chi connectivity index (χ1) is 30.3. The minimum atomic E-state index is -0.227. The minimum Gasteiger partial charge on any atom is -0.457 e. The molecule has 5 nitrogen and oxygen atoms in total. The van der Waals surface area contributed by atoms with Gasteiger partial charge < -0.3 is 14.5 Å². The number of fused-ring (bicyclic) bond motifs is 3. The topological polar surface area (TPSA) is 33.5 Å². The molecule has 8 aromatic rings. The van der Waals surface area contributed by atoms with Gasteiger partial charge in [-0.15, -0.1) is 0 Å². The second kappa shape index (κ2) is 15.9. The standard InChI is InChI=1S/C59H62N4O/c1-56(2,3)44-31-45(57(4,5)6)33-47(32-44)61-28-29-62(39-61)48-34-46(58(7,8)9)35-50(37-48)64-49-23-24-51-52-30-41(40-18-14-12-15-19-40)22-25-53(52)63(54(51)38-49)55-36-43(26-27-60-55)59(10,11)42-20-16-13-17-21-42/h12-38H,39H2,1-11H3. The molecule has 3 heterocycles. The number of benzene rings is 6. The van der Waals surface area contributed by atoms with Crippen LogP contribution in [0.1, 0.15) is 104 Å². The highest BCUT2D eigenvalue weighted by atomic mass is 16.5. The van der Waals surface area contributed by atoms with E-state index in [0.29, 0.717) is 6.67 Å². The Labute approximate surface area is 380 Å². The number of hydrogen-bond donors (Lipinski definition) is 0. The van der Waals surface area contributed by atoms with Crippen LogP contribution in [0.4, 0.5) is 11.4 Å². The molecule has 0 atom stereocenters. The van der Waals surface area contributed by atoms with E-state index in [1.807, 2.05) is 6.20 Å². The molecule has 2 aromatic heterocycles. The predicted molar refractivity (Wildman–Crippen MR) is 271 cm³/mol. The number of anilines is 2. The summed E-state index contributed by atoms with van der Waals surface area (Å²) < 4.78 is 9.26. The Morgan fingerprint density at radius 2 is 1.03 bits per heavy atom. The summed E-state index contributed by atoms with van der Waals surface area (Å²) in [7, 11) is 0. The van der Waals surface area contributed by atoms with Gasteiger partial charge in [-0.3, -0.25) is 4.57 Å². The van der Waals surface area contributed by atoms with Crippen molar-refractivity contribution in [2.75, 3.05) is 16.5 Å². The summed E-state index contributed by atoms with van der Waals surface area (Å²) in [5.41, 5.74) is 12.9. The minimum absolute atomic E-state index is 0.0364. The number of nitrogens with zero attached hydrogens (tertiary/aromatic N) is 4. The molecule has 0 saturated heterocycles. The van der Waals surface area contributed by atoms with Crippen LogP contribution in [-0.4, -0.2) is 16.2 Å². The molecule has 0 aliphatic carbocycles. The summed E-state index contributed by atoms with van der Waals surface area (Å²) in [6.07, 6.45) is 6.35. The first-order valence-corrected chi connectivity index (χ1v) is 22.7. The van der Waals surface area contributed by atoms with Crippen LogP contribution < -0.4 is 14.5 Å². The summed E-state index contributed by atoms with van der Waals surface area (Å²) in [5, 5.41) is 2.31. The van der Waals surface area contributed by atoms with Gasteiger partial charge in [-0.25, -0.2) is 4.98 Å². The molecular formula is C59H62N4O. The molecule has 0 saturated carbocycles. The summed E-state index contributed by atoms with van der Waals surface area (Å²) >= 11 is 0. The molecule has 0 unspecified atom stereocenters. The van der Waals surface area contributed by atoms with Gasteiger partial charge in [-0.05, 0) is 116 Å². The van der Waals surface area contributed by atoms with E-state index in [4.69, 9.17) is 9.72 Å². The van der Waals surface area contributed by atoms with Crippen LogP contribution >= 0.6 is 0 Å². The molecule has 0 bridgehead atoms. The number of pyridine rings is 1. The van der Waals surface area contributed by atoms with Crippen molar-refractivity contribution in [1.29, 1.82) is 0 Å². The van der Waals surface area contributed by atoms with Crippen LogP contribution in [0.25, 0.3) is 38.8 Å². The molecule has 5 heteroatoms. The Kier molecular flexibility index (Phi) is 10.6. The van der Waals surface area contributed by atoms with Gasteiger partial charge in [-0.2, -0.15) is 0 Å². The smallest absolute Gasteiger partial charge is 0.137 e. The number of hydrogen-bond acceptors (Lipinski definition) is 4. The lowest BCUT2D eigenvalue weighted by molar-refractivity contribution is 0.479. The average Bonchev–Trinajstić information content (AvgIpc) is 3.89. The number of aromatic nitrogens is 2. The quantitative estimate of drug-likeness (QED) is 0.153. The zero-order chi connectivity index (χ0) is 45.2. The first-order valence-electron chi connectivity index (χ1n) is 22.7. The van der Waals surface area contributed by atoms with E-state index in [0.717, 1.165) is 39.4 Å². The highest BCUT2D eigenvalue weighted by Crippen LogP contribution is 2.41. The Balaban J connectivity index is 1.11. The Morgan fingerprint density at radius 3 is 1.66 bits per heavy atom. The van der Waals surface area contributed by atoms with Gasteiger partial charge in [0, 0.05) is 58.3 Å². The third-order valence-corrected chi connectivity index (χ3v) is 13.1. The maximum absolute atomic E-state index is 6.96. The normalized spacial score (nSPS) is 13.7. The second-order valence-electron chi connectivity index (χ2n) is 21.2. The summed E-state index contributed by atoms with van der Waals surface area (Å²) in [6.45, 7) is 25.9. The van der Waals surface area contributed by atoms with Crippen molar-refractivity contribution in [1.82, 2.24) is 9.55 Å². The fraction of sp³-hybridized carbons (Fsp3) is 0.271. The maximum Gasteiger partial charge on any atom is 0.137 e. The maximum atomic E-state index is 6.96. The van der Waals surface area contributed by atoms with Gasteiger partial charge >= 0.3 is 0 Å². The van der Waals surface area contributed by atoms with E-state index in [-0.39, 0.29) is 21.7 Å². The number of rotatable bonds is 8. The van der Waals surface area contributed by atoms with Crippen molar-refractivity contribution in [2.45, 2.75) is 97.8 Å². The van der Waals surface area contributed by atoms with Crippen LogP contribution in [0.5, 0.6) is 11.5 Å². The van der Waals surface area contributed by atoms with Crippen molar-refractivity contribution in [3.8, 4) is 28.4 Å². The van der Waals surface area contributed by atoms with Crippen molar-refractivity contribution in [3.05, 3.63) is 192 Å². The molecule has 1 aliphatic heterocycles. The zero-order valence-corrected chi connectivity index (χ0v) is 39.5. The summed E-state index contributed by atoms with van der Waals surface area (Å²) in [6, 6.07) is 52.8. The third kappa shape index (κ3) is 8.32. The summed E-state index contributed by atoms with van der Waals surface area (Å²) in [4.78, 5) is 9.72. The molecule has 0 amide bonds. The molecular weight excluding hydrogens is 781 g/mol. The van der Waals surface area contributed by atoms with E-state index < -0.39 is 0 Å². The molecule has 6 aromatic carbocycles. The third-order valence-electron chi connectivity index (χ3n) is 13.1. The molecule has 324 valence electrons. The van der Waals surface area contributed by atoms with E-state index >= 15 is 0 Å². The monoisotopic (exact) mass is 842 g/mol. The number of ether oxygens (including phenoxy) is 1. The SMILES string of the molecule is CC(C)(C)c1cc(Oc2ccc3c4cc(-c5ccccc5)ccc4n(-c4cc(C(C)(C)c5ccccc5)ccn4)c3c2)cc(N2C=CN(c3cc(C(C)(C)C)cc(C(C)(C)C)c3)C2)c1. The first kappa shape index (κ1) is 42.7. The fourth-order valence-corrected chi connectivity index (χ4v) is 8.85. The van der Waals surface area contributed by atoms with Crippen LogP contribution in [-0.2, 0) is 21.7 Å². The molecule has 9 rings (SSSR count). The van der Waals surface area contributed by atoms with Crippen LogP contribution in [0.15, 0.2) is 164 Å². The lowest BCUT2D eigenvalue weighted by atomic mass is 9.78. The van der Waals surface area contributed by atoms with Gasteiger partial charge in [0.05, 0.1) is 17.7 Å². The Hall–Kier alpha value is -6.59. The predicted octanol–water partition coefficient (Wildman–Crippen LogP) is 15.6. The Morgan fingerprint density at radius 1 is 0.438 bits per heavy atom. The highest BCUT2D eigenvalue weighted by molar-refractivity contribution is 6.10. The van der Waals surface area contributed by atoms with Crippen LogP contribution in [0.2, 0.25) is 0 Å². The largest absolute Gasteiger partial charge is 0.457 e. The van der Waals surface area contributed by atoms with Gasteiger partial charge in [0.25, 0.3) is 0 Å². The van der Waals surface area contributed by atoms with E-state index in [2.05, 4.69) is 249 Å². The van der Waals surface area contributed by atoms with Gasteiger partial charge in [0.2, 0.25) is 0 Å². The second-order valence-corrected chi connectivity index (χ2v) is 21.2.